The lowest BCUT2D eigenvalue weighted by Gasteiger charge is -2.31. The van der Waals surface area contributed by atoms with Gasteiger partial charge in [-0.15, -0.1) is 0 Å². The fourth-order valence-electron chi connectivity index (χ4n) is 2.25. The van der Waals surface area contributed by atoms with Crippen LogP contribution in [-0.4, -0.2) is 33.6 Å². The number of hydrogen-bond acceptors (Lipinski definition) is 3. The number of alkyl halides is 3. The Labute approximate surface area is 132 Å². The van der Waals surface area contributed by atoms with Gasteiger partial charge < -0.3 is 10.2 Å². The van der Waals surface area contributed by atoms with Crippen LogP contribution >= 0.6 is 0 Å². The quantitative estimate of drug-likeness (QED) is 0.803. The summed E-state index contributed by atoms with van der Waals surface area (Å²) < 4.78 is 38.2. The molecule has 0 aliphatic heterocycles. The maximum Gasteiger partial charge on any atom is 0.444 e. The smallest absolute Gasteiger partial charge is 0.358 e. The Morgan fingerprint density at radius 2 is 1.13 bits per heavy atom. The van der Waals surface area contributed by atoms with Gasteiger partial charge in [0.1, 0.15) is 0 Å². The molecule has 0 bridgehead atoms. The van der Waals surface area contributed by atoms with Crippen LogP contribution in [0.3, 0.4) is 0 Å². The van der Waals surface area contributed by atoms with Crippen molar-refractivity contribution in [3.8, 4) is 0 Å². The third-order valence-electron chi connectivity index (χ3n) is 3.40. The fraction of sp³-hybridized carbons (Fsp3) is 0.294. The van der Waals surface area contributed by atoms with Crippen molar-refractivity contribution in [1.29, 1.82) is 0 Å². The number of rotatable bonds is 6. The van der Waals surface area contributed by atoms with E-state index in [1.165, 1.54) is 4.90 Å². The third-order valence-corrected chi connectivity index (χ3v) is 3.40. The normalized spacial score (nSPS) is 12.6. The first-order chi connectivity index (χ1) is 10.8. The molecule has 0 saturated heterocycles. The Balaban J connectivity index is 2.17. The van der Waals surface area contributed by atoms with Crippen LogP contribution in [0.2, 0.25) is 0 Å². The molecule has 0 heterocycles. The maximum absolute atomic E-state index is 12.7. The molecule has 2 N–H and O–H groups in total. The summed E-state index contributed by atoms with van der Waals surface area (Å²) in [7, 11) is 0. The second-order valence-corrected chi connectivity index (χ2v) is 5.43. The Morgan fingerprint density at radius 3 is 1.48 bits per heavy atom. The third kappa shape index (κ3) is 5.06. The van der Waals surface area contributed by atoms with Crippen molar-refractivity contribution >= 4 is 0 Å². The molecule has 0 unspecified atom stereocenters. The number of aliphatic hydroxyl groups is 2. The van der Waals surface area contributed by atoms with Crippen LogP contribution in [-0.2, 0) is 13.1 Å². The van der Waals surface area contributed by atoms with Crippen LogP contribution in [0.25, 0.3) is 0 Å². The molecule has 0 atom stereocenters. The molecule has 2 aromatic rings. The van der Waals surface area contributed by atoms with Crippen molar-refractivity contribution < 1.29 is 23.4 Å². The molecule has 3 nitrogen and oxygen atoms in total. The highest BCUT2D eigenvalue weighted by Gasteiger charge is 2.53. The minimum absolute atomic E-state index is 0.175. The zero-order valence-corrected chi connectivity index (χ0v) is 12.4. The zero-order chi connectivity index (χ0) is 16.9. The molecular formula is C17H18F3NO2. The van der Waals surface area contributed by atoms with Crippen LogP contribution in [0.1, 0.15) is 11.1 Å². The molecule has 6 heteroatoms. The van der Waals surface area contributed by atoms with Crippen LogP contribution in [0.4, 0.5) is 13.2 Å². The van der Waals surface area contributed by atoms with Crippen molar-refractivity contribution in [3.63, 3.8) is 0 Å². The number of halogens is 3. The van der Waals surface area contributed by atoms with Gasteiger partial charge in [0, 0.05) is 13.1 Å². The highest BCUT2D eigenvalue weighted by Crippen LogP contribution is 2.29. The predicted octanol–water partition coefficient (Wildman–Crippen LogP) is 2.93. The summed E-state index contributed by atoms with van der Waals surface area (Å²) in [5.41, 5.74) is 1.59. The molecule has 0 saturated carbocycles. The van der Waals surface area contributed by atoms with Gasteiger partial charge in [0.05, 0.1) is 6.54 Å². The maximum atomic E-state index is 12.7. The van der Waals surface area contributed by atoms with Gasteiger partial charge in [-0.25, -0.2) is 0 Å². The molecule has 0 aromatic heterocycles. The highest BCUT2D eigenvalue weighted by molar-refractivity contribution is 5.17. The molecule has 0 radical (unpaired) electrons. The van der Waals surface area contributed by atoms with E-state index in [-0.39, 0.29) is 13.1 Å². The lowest BCUT2D eigenvalue weighted by atomic mass is 10.1. The first-order valence-corrected chi connectivity index (χ1v) is 7.09. The Morgan fingerprint density at radius 1 is 0.739 bits per heavy atom. The molecule has 124 valence electrons. The Hall–Kier alpha value is -1.89. The monoisotopic (exact) mass is 325 g/mol. The number of nitrogens with zero attached hydrogens (tertiary/aromatic N) is 1. The first kappa shape index (κ1) is 17.5. The minimum Gasteiger partial charge on any atom is -0.358 e. The SMILES string of the molecule is OC(O)(CN(Cc1ccccc1)Cc1ccccc1)C(F)(F)F. The van der Waals surface area contributed by atoms with Crippen molar-refractivity contribution in [2.75, 3.05) is 6.54 Å². The van der Waals surface area contributed by atoms with Gasteiger partial charge in [0.25, 0.3) is 5.79 Å². The van der Waals surface area contributed by atoms with E-state index in [1.54, 1.807) is 48.5 Å². The lowest BCUT2D eigenvalue weighted by Crippen LogP contribution is -2.53. The fourth-order valence-corrected chi connectivity index (χ4v) is 2.25. The number of hydrogen-bond donors (Lipinski definition) is 2. The van der Waals surface area contributed by atoms with Gasteiger partial charge >= 0.3 is 6.18 Å². The van der Waals surface area contributed by atoms with E-state index in [1.807, 2.05) is 12.1 Å². The van der Waals surface area contributed by atoms with Gasteiger partial charge in [-0.2, -0.15) is 13.2 Å². The zero-order valence-electron chi connectivity index (χ0n) is 12.4. The molecule has 0 aliphatic rings. The van der Waals surface area contributed by atoms with Crippen LogP contribution in [0.5, 0.6) is 0 Å². The molecule has 2 aromatic carbocycles. The van der Waals surface area contributed by atoms with E-state index >= 15 is 0 Å². The summed E-state index contributed by atoms with van der Waals surface area (Å²) in [5, 5.41) is 18.7. The number of benzene rings is 2. The van der Waals surface area contributed by atoms with Crippen LogP contribution in [0, 0.1) is 0 Å². The van der Waals surface area contributed by atoms with Gasteiger partial charge in [0.15, 0.2) is 0 Å². The summed E-state index contributed by atoms with van der Waals surface area (Å²) in [6, 6.07) is 17.9. The second kappa shape index (κ2) is 7.12. The molecule has 23 heavy (non-hydrogen) atoms. The average molecular weight is 325 g/mol. The van der Waals surface area contributed by atoms with Gasteiger partial charge in [-0.3, -0.25) is 4.90 Å². The van der Waals surface area contributed by atoms with E-state index in [2.05, 4.69) is 0 Å². The van der Waals surface area contributed by atoms with E-state index in [0.717, 1.165) is 11.1 Å². The van der Waals surface area contributed by atoms with E-state index in [9.17, 15) is 23.4 Å². The van der Waals surface area contributed by atoms with Crippen molar-refractivity contribution in [2.24, 2.45) is 0 Å². The van der Waals surface area contributed by atoms with Crippen molar-refractivity contribution in [2.45, 2.75) is 25.1 Å². The minimum atomic E-state index is -5.11. The van der Waals surface area contributed by atoms with Crippen LogP contribution < -0.4 is 0 Å². The predicted molar refractivity (Wildman–Crippen MR) is 80.2 cm³/mol. The summed E-state index contributed by atoms with van der Waals surface area (Å²) in [6.45, 7) is -0.580. The second-order valence-electron chi connectivity index (χ2n) is 5.43. The molecule has 0 fully saturated rings. The average Bonchev–Trinajstić information content (AvgIpc) is 2.47. The summed E-state index contributed by atoms with van der Waals surface area (Å²) in [6.07, 6.45) is -5.11. The van der Waals surface area contributed by atoms with Crippen molar-refractivity contribution in [3.05, 3.63) is 71.8 Å². The van der Waals surface area contributed by atoms with Gasteiger partial charge in [0.2, 0.25) is 0 Å². The standard InChI is InChI=1S/C17H18F3NO2/c18-17(19,20)16(22,23)13-21(11-14-7-3-1-4-8-14)12-15-9-5-2-6-10-15/h1-10,22-23H,11-13H2. The van der Waals surface area contributed by atoms with Crippen molar-refractivity contribution in [1.82, 2.24) is 4.90 Å². The summed E-state index contributed by atoms with van der Waals surface area (Å²) >= 11 is 0. The van der Waals surface area contributed by atoms with E-state index in [0.29, 0.717) is 0 Å². The van der Waals surface area contributed by atoms with Gasteiger partial charge in [-0.1, -0.05) is 60.7 Å². The van der Waals surface area contributed by atoms with Gasteiger partial charge in [-0.05, 0) is 11.1 Å². The summed E-state index contributed by atoms with van der Waals surface area (Å²) in [5.74, 6) is -3.75. The molecule has 2 rings (SSSR count). The molecule has 0 aliphatic carbocycles. The molecule has 0 spiro atoms. The largest absolute Gasteiger partial charge is 0.444 e. The van der Waals surface area contributed by atoms with E-state index < -0.39 is 18.5 Å². The molecular weight excluding hydrogens is 307 g/mol. The van der Waals surface area contributed by atoms with E-state index in [4.69, 9.17) is 0 Å². The first-order valence-electron chi connectivity index (χ1n) is 7.09. The Kier molecular flexibility index (Phi) is 5.41. The lowest BCUT2D eigenvalue weighted by molar-refractivity contribution is -0.353. The highest BCUT2D eigenvalue weighted by atomic mass is 19.4. The Bertz CT molecular complexity index is 559. The van der Waals surface area contributed by atoms with Crippen LogP contribution in [0.15, 0.2) is 60.7 Å². The summed E-state index contributed by atoms with van der Waals surface area (Å²) in [4.78, 5) is 1.36. The topological polar surface area (TPSA) is 43.7 Å². The molecule has 0 amide bonds.